The first-order valence-corrected chi connectivity index (χ1v) is 19.6. The van der Waals surface area contributed by atoms with E-state index in [1.807, 2.05) is 6.08 Å². The Morgan fingerprint density at radius 3 is 1.86 bits per heavy atom. The van der Waals surface area contributed by atoms with Gasteiger partial charge in [-0.25, -0.2) is 0 Å². The minimum atomic E-state index is -1.62. The second-order valence-corrected chi connectivity index (χ2v) is 13.5. The molecule has 0 aromatic rings. The summed E-state index contributed by atoms with van der Waals surface area (Å²) in [5.74, 6) is -0.649. The fourth-order valence-electron chi connectivity index (χ4n) is 5.58. The number of carbonyl (C=O) groups is 1. The van der Waals surface area contributed by atoms with Crippen LogP contribution < -0.4 is 5.32 Å². The lowest BCUT2D eigenvalue weighted by atomic mass is 9.99. The largest absolute Gasteiger partial charge is 0.394 e. The predicted octanol–water partition coefficient (Wildman–Crippen LogP) is 5.85. The highest BCUT2D eigenvalue weighted by Crippen LogP contribution is 2.22. The Balaban J connectivity index is 2.57. The smallest absolute Gasteiger partial charge is 0.249 e. The summed E-state index contributed by atoms with van der Waals surface area (Å²) in [4.78, 5) is 12.9. The van der Waals surface area contributed by atoms with Crippen molar-refractivity contribution in [1.82, 2.24) is 5.32 Å². The van der Waals surface area contributed by atoms with E-state index >= 15 is 0 Å². The van der Waals surface area contributed by atoms with Crippen LogP contribution >= 0.6 is 0 Å². The number of ether oxygens (including phenoxy) is 2. The minimum absolute atomic E-state index is 0.279. The number of aliphatic hydroxyl groups is 6. The van der Waals surface area contributed by atoms with Crippen molar-refractivity contribution in [2.45, 2.75) is 178 Å². The molecule has 0 radical (unpaired) electrons. The van der Waals surface area contributed by atoms with E-state index in [2.05, 4.69) is 67.8 Å². The van der Waals surface area contributed by atoms with Crippen LogP contribution in [0.25, 0.3) is 0 Å². The molecular weight excluding hydrogens is 650 g/mol. The van der Waals surface area contributed by atoms with Gasteiger partial charge in [0.1, 0.15) is 30.5 Å². The Morgan fingerprint density at radius 1 is 0.686 bits per heavy atom. The predicted molar refractivity (Wildman–Crippen MR) is 204 cm³/mol. The van der Waals surface area contributed by atoms with Gasteiger partial charge in [0.15, 0.2) is 6.29 Å². The number of allylic oxidation sites excluding steroid dienone is 9. The van der Waals surface area contributed by atoms with E-state index < -0.39 is 61.5 Å². The van der Waals surface area contributed by atoms with E-state index in [4.69, 9.17) is 9.47 Å². The third-order valence-corrected chi connectivity index (χ3v) is 8.93. The maximum atomic E-state index is 12.9. The Kier molecular flexibility index (Phi) is 28.8. The first-order valence-electron chi connectivity index (χ1n) is 19.6. The third kappa shape index (κ3) is 22.5. The average molecular weight is 722 g/mol. The van der Waals surface area contributed by atoms with Crippen LogP contribution in [0.1, 0.15) is 129 Å². The van der Waals surface area contributed by atoms with Crippen LogP contribution in [0.5, 0.6) is 0 Å². The summed E-state index contributed by atoms with van der Waals surface area (Å²) in [6.07, 6.45) is 28.8. The summed E-state index contributed by atoms with van der Waals surface area (Å²) in [7, 11) is 0. The van der Waals surface area contributed by atoms with Crippen molar-refractivity contribution in [2.75, 3.05) is 13.2 Å². The molecule has 1 rings (SSSR count). The van der Waals surface area contributed by atoms with Gasteiger partial charge in [0.2, 0.25) is 5.91 Å². The van der Waals surface area contributed by atoms with Crippen LogP contribution in [0.15, 0.2) is 60.8 Å². The summed E-state index contributed by atoms with van der Waals surface area (Å²) in [6.45, 7) is 3.45. The fourth-order valence-corrected chi connectivity index (χ4v) is 5.58. The number of hydrogen-bond donors (Lipinski definition) is 7. The van der Waals surface area contributed by atoms with Crippen molar-refractivity contribution in [3.63, 3.8) is 0 Å². The van der Waals surface area contributed by atoms with Crippen LogP contribution in [0, 0.1) is 0 Å². The molecule has 1 aliphatic rings. The topological polar surface area (TPSA) is 169 Å². The first kappa shape index (κ1) is 46.9. The third-order valence-electron chi connectivity index (χ3n) is 8.93. The Bertz CT molecular complexity index is 996. The molecule has 0 aromatic heterocycles. The van der Waals surface area contributed by atoms with E-state index in [1.165, 1.54) is 32.1 Å². The van der Waals surface area contributed by atoms with Crippen LogP contribution in [0.3, 0.4) is 0 Å². The number of rotatable bonds is 30. The molecule has 294 valence electrons. The molecule has 1 saturated heterocycles. The molecule has 8 atom stereocenters. The second kappa shape index (κ2) is 31.4. The molecule has 0 spiro atoms. The Labute approximate surface area is 308 Å². The molecule has 0 aromatic carbocycles. The van der Waals surface area contributed by atoms with E-state index in [0.717, 1.165) is 64.2 Å². The van der Waals surface area contributed by atoms with Gasteiger partial charge in [-0.3, -0.25) is 4.79 Å². The van der Waals surface area contributed by atoms with Crippen molar-refractivity contribution >= 4 is 5.91 Å². The van der Waals surface area contributed by atoms with Crippen LogP contribution in [-0.2, 0) is 14.3 Å². The van der Waals surface area contributed by atoms with Gasteiger partial charge in [-0.2, -0.15) is 0 Å². The maximum absolute atomic E-state index is 12.9. The first-order chi connectivity index (χ1) is 24.8. The van der Waals surface area contributed by atoms with Crippen molar-refractivity contribution in [2.24, 2.45) is 0 Å². The SMILES string of the molecule is CCCC/C=C/CC/C=C/CC/C=C/C(O)C(COC1OC(CO)C(O)C(O)C1O)NC(=O)C(O)CCCCCCC/C=C\C=C/CCCCC. The van der Waals surface area contributed by atoms with Gasteiger partial charge in [-0.15, -0.1) is 0 Å². The van der Waals surface area contributed by atoms with Gasteiger partial charge in [0, 0.05) is 0 Å². The Hall–Kier alpha value is -2.15. The molecule has 10 nitrogen and oxygen atoms in total. The quantitative estimate of drug-likeness (QED) is 0.0273. The normalized spacial score (nSPS) is 23.3. The Morgan fingerprint density at radius 2 is 1.24 bits per heavy atom. The number of aliphatic hydroxyl groups excluding tert-OH is 6. The summed E-state index contributed by atoms with van der Waals surface area (Å²) < 4.78 is 11.1. The summed E-state index contributed by atoms with van der Waals surface area (Å²) in [5, 5.41) is 64.2. The molecule has 10 heteroatoms. The standard InChI is InChI=1S/C41H71NO9/c1-3-5-7-9-11-13-15-17-18-20-22-24-26-28-30-35(45)40(49)42-33(32-50-41-39(48)38(47)37(46)36(31-43)51-41)34(44)29-27-25-23-21-19-16-14-12-10-8-6-4-2/h10-13,15,17,19,21,27,29,33-39,41,43-48H,3-9,14,16,18,20,22-26,28,30-32H2,1-2H3,(H,42,49)/b12-10+,13-11-,17-15-,21-19+,29-27+. The van der Waals surface area contributed by atoms with Crippen LogP contribution in [0.2, 0.25) is 0 Å². The molecule has 51 heavy (non-hydrogen) atoms. The average Bonchev–Trinajstić information content (AvgIpc) is 3.13. The van der Waals surface area contributed by atoms with Gasteiger partial charge >= 0.3 is 0 Å². The second-order valence-electron chi connectivity index (χ2n) is 13.5. The molecule has 7 N–H and O–H groups in total. The lowest BCUT2D eigenvalue weighted by Crippen LogP contribution is -2.60. The highest BCUT2D eigenvalue weighted by Gasteiger charge is 2.44. The fraction of sp³-hybridized carbons (Fsp3) is 0.732. The molecular formula is C41H71NO9. The van der Waals surface area contributed by atoms with Gasteiger partial charge in [-0.05, 0) is 64.2 Å². The zero-order valence-electron chi connectivity index (χ0n) is 31.4. The monoisotopic (exact) mass is 722 g/mol. The van der Waals surface area contributed by atoms with Crippen LogP contribution in [0.4, 0.5) is 0 Å². The van der Waals surface area contributed by atoms with Gasteiger partial charge < -0.3 is 45.4 Å². The van der Waals surface area contributed by atoms with Crippen molar-refractivity contribution < 1.29 is 44.9 Å². The molecule has 1 aliphatic heterocycles. The summed E-state index contributed by atoms with van der Waals surface area (Å²) >= 11 is 0. The number of carbonyl (C=O) groups excluding carboxylic acids is 1. The van der Waals surface area contributed by atoms with Gasteiger partial charge in [0.05, 0.1) is 25.4 Å². The number of amides is 1. The molecule has 1 amide bonds. The van der Waals surface area contributed by atoms with Crippen molar-refractivity contribution in [3.05, 3.63) is 60.8 Å². The van der Waals surface area contributed by atoms with E-state index in [-0.39, 0.29) is 13.0 Å². The molecule has 1 fully saturated rings. The molecule has 0 aliphatic carbocycles. The summed E-state index contributed by atoms with van der Waals surface area (Å²) in [5.41, 5.74) is 0. The molecule has 0 bridgehead atoms. The lowest BCUT2D eigenvalue weighted by molar-refractivity contribution is -0.302. The van der Waals surface area contributed by atoms with Crippen molar-refractivity contribution in [1.29, 1.82) is 0 Å². The van der Waals surface area contributed by atoms with E-state index in [0.29, 0.717) is 12.8 Å². The minimum Gasteiger partial charge on any atom is -0.394 e. The maximum Gasteiger partial charge on any atom is 0.249 e. The van der Waals surface area contributed by atoms with Crippen molar-refractivity contribution in [3.8, 4) is 0 Å². The molecule has 0 saturated carbocycles. The molecule has 1 heterocycles. The molecule has 8 unspecified atom stereocenters. The highest BCUT2D eigenvalue weighted by molar-refractivity contribution is 5.80. The lowest BCUT2D eigenvalue weighted by Gasteiger charge is -2.40. The number of nitrogens with one attached hydrogen (secondary N) is 1. The van der Waals surface area contributed by atoms with E-state index in [1.54, 1.807) is 6.08 Å². The van der Waals surface area contributed by atoms with E-state index in [9.17, 15) is 35.4 Å². The number of unbranched alkanes of at least 4 members (excludes halogenated alkanes) is 12. The zero-order chi connectivity index (χ0) is 37.5. The van der Waals surface area contributed by atoms with Crippen LogP contribution in [-0.4, -0.2) is 98.7 Å². The highest BCUT2D eigenvalue weighted by atomic mass is 16.7. The zero-order valence-corrected chi connectivity index (χ0v) is 31.4. The van der Waals surface area contributed by atoms with Gasteiger partial charge in [-0.1, -0.05) is 126 Å². The summed E-state index contributed by atoms with van der Waals surface area (Å²) in [6, 6.07) is -1.01. The number of hydrogen-bond acceptors (Lipinski definition) is 9. The van der Waals surface area contributed by atoms with Gasteiger partial charge in [0.25, 0.3) is 0 Å².